The molecule has 33 heavy (non-hydrogen) atoms. The largest absolute Gasteiger partial charge is 0.344 e. The SMILES string of the molecule is Cc1cc(C)cc(N=c2scc(C(=O)NC3CCCc4ccccc43)n2CCCCCN)c1. The number of carbonyl (C=O) groups excluding carboxylic acids is 1. The van der Waals surface area contributed by atoms with E-state index >= 15 is 0 Å². The van der Waals surface area contributed by atoms with Crippen LogP contribution in [0.15, 0.2) is 52.8 Å². The summed E-state index contributed by atoms with van der Waals surface area (Å²) in [6, 6.07) is 14.9. The number of hydrogen-bond acceptors (Lipinski definition) is 4. The molecule has 0 bridgehead atoms. The van der Waals surface area contributed by atoms with Gasteiger partial charge in [-0.3, -0.25) is 4.79 Å². The zero-order valence-corrected chi connectivity index (χ0v) is 20.5. The number of aromatic nitrogens is 1. The van der Waals surface area contributed by atoms with Crippen molar-refractivity contribution in [3.8, 4) is 0 Å². The first kappa shape index (κ1) is 23.5. The minimum absolute atomic E-state index is 0.0198. The lowest BCUT2D eigenvalue weighted by Gasteiger charge is -2.26. The summed E-state index contributed by atoms with van der Waals surface area (Å²) in [5, 5.41) is 5.27. The number of fused-ring (bicyclic) bond motifs is 1. The number of nitrogens with two attached hydrogens (primary N) is 1. The number of aryl methyl sites for hydroxylation is 3. The maximum absolute atomic E-state index is 13.4. The summed E-state index contributed by atoms with van der Waals surface area (Å²) in [4.78, 5) is 19.2. The summed E-state index contributed by atoms with van der Waals surface area (Å²) in [5.74, 6) is -0.0198. The molecule has 1 unspecified atom stereocenters. The molecule has 0 aliphatic heterocycles. The number of benzene rings is 2. The van der Waals surface area contributed by atoms with Gasteiger partial charge in [-0.2, -0.15) is 0 Å². The van der Waals surface area contributed by atoms with Crippen LogP contribution in [0.3, 0.4) is 0 Å². The molecule has 1 aromatic heterocycles. The zero-order valence-electron chi connectivity index (χ0n) is 19.6. The molecule has 0 radical (unpaired) electrons. The summed E-state index contributed by atoms with van der Waals surface area (Å²) in [5.41, 5.74) is 12.3. The van der Waals surface area contributed by atoms with Gasteiger partial charge in [-0.1, -0.05) is 36.8 Å². The van der Waals surface area contributed by atoms with Gasteiger partial charge in [0.25, 0.3) is 5.91 Å². The van der Waals surface area contributed by atoms with E-state index in [1.807, 2.05) is 5.38 Å². The summed E-state index contributed by atoms with van der Waals surface area (Å²) < 4.78 is 2.09. The third kappa shape index (κ3) is 5.81. The van der Waals surface area contributed by atoms with Gasteiger partial charge in [-0.05, 0) is 86.9 Å². The number of unbranched alkanes of at least 4 members (excludes halogenated alkanes) is 2. The molecule has 5 nitrogen and oxygen atoms in total. The van der Waals surface area contributed by atoms with E-state index in [4.69, 9.17) is 10.7 Å². The molecule has 1 amide bonds. The molecule has 1 aliphatic carbocycles. The fraction of sp³-hybridized carbons (Fsp3) is 0.407. The van der Waals surface area contributed by atoms with Gasteiger partial charge in [0.2, 0.25) is 0 Å². The van der Waals surface area contributed by atoms with Gasteiger partial charge in [0.15, 0.2) is 4.80 Å². The molecule has 6 heteroatoms. The van der Waals surface area contributed by atoms with E-state index in [2.05, 4.69) is 66.2 Å². The van der Waals surface area contributed by atoms with Crippen LogP contribution < -0.4 is 15.9 Å². The predicted octanol–water partition coefficient (Wildman–Crippen LogP) is 5.34. The van der Waals surface area contributed by atoms with Crippen molar-refractivity contribution in [1.82, 2.24) is 9.88 Å². The Hall–Kier alpha value is -2.70. The molecule has 2 aromatic carbocycles. The molecule has 0 saturated heterocycles. The van der Waals surface area contributed by atoms with Gasteiger partial charge in [-0.15, -0.1) is 11.3 Å². The maximum Gasteiger partial charge on any atom is 0.269 e. The summed E-state index contributed by atoms with van der Waals surface area (Å²) in [6.45, 7) is 5.63. The van der Waals surface area contributed by atoms with Gasteiger partial charge < -0.3 is 15.6 Å². The lowest BCUT2D eigenvalue weighted by Crippen LogP contribution is -2.33. The number of rotatable bonds is 8. The van der Waals surface area contributed by atoms with Crippen LogP contribution in [0.1, 0.15) is 70.9 Å². The number of carbonyl (C=O) groups is 1. The third-order valence-corrected chi connectivity index (χ3v) is 7.09. The first-order chi connectivity index (χ1) is 16.0. The first-order valence-corrected chi connectivity index (χ1v) is 12.8. The molecule has 174 valence electrons. The maximum atomic E-state index is 13.4. The highest BCUT2D eigenvalue weighted by atomic mass is 32.1. The molecule has 0 spiro atoms. The Kier molecular flexibility index (Phi) is 7.78. The van der Waals surface area contributed by atoms with Crippen LogP contribution in [-0.2, 0) is 13.0 Å². The van der Waals surface area contributed by atoms with Crippen molar-refractivity contribution in [1.29, 1.82) is 0 Å². The average Bonchev–Trinajstić information content (AvgIpc) is 3.18. The lowest BCUT2D eigenvalue weighted by molar-refractivity contribution is 0.0922. The van der Waals surface area contributed by atoms with Gasteiger partial charge in [0.1, 0.15) is 5.69 Å². The summed E-state index contributed by atoms with van der Waals surface area (Å²) >= 11 is 1.53. The van der Waals surface area contributed by atoms with Gasteiger partial charge >= 0.3 is 0 Å². The molecular weight excluding hydrogens is 428 g/mol. The topological polar surface area (TPSA) is 72.4 Å². The molecule has 3 aromatic rings. The lowest BCUT2D eigenvalue weighted by atomic mass is 9.88. The third-order valence-electron chi connectivity index (χ3n) is 6.22. The van der Waals surface area contributed by atoms with E-state index in [1.165, 1.54) is 33.6 Å². The highest BCUT2D eigenvalue weighted by molar-refractivity contribution is 7.07. The minimum Gasteiger partial charge on any atom is -0.344 e. The molecular formula is C27H34N4OS. The van der Waals surface area contributed by atoms with Crippen LogP contribution in [0.4, 0.5) is 5.69 Å². The minimum atomic E-state index is -0.0198. The van der Waals surface area contributed by atoms with Crippen molar-refractivity contribution >= 4 is 22.9 Å². The van der Waals surface area contributed by atoms with E-state index in [0.717, 1.165) is 55.6 Å². The molecule has 3 N–H and O–H groups in total. The molecule has 1 aliphatic rings. The molecule has 0 fully saturated rings. The second kappa shape index (κ2) is 10.9. The van der Waals surface area contributed by atoms with Crippen molar-refractivity contribution in [3.63, 3.8) is 0 Å². The van der Waals surface area contributed by atoms with E-state index in [0.29, 0.717) is 12.2 Å². The number of hydrogen-bond donors (Lipinski definition) is 2. The molecule has 0 saturated carbocycles. The van der Waals surface area contributed by atoms with Crippen LogP contribution in [0.25, 0.3) is 0 Å². The highest BCUT2D eigenvalue weighted by Gasteiger charge is 2.23. The normalized spacial score (nSPS) is 16.0. The van der Waals surface area contributed by atoms with Crippen LogP contribution in [0, 0.1) is 13.8 Å². The second-order valence-electron chi connectivity index (χ2n) is 8.98. The average molecular weight is 463 g/mol. The van der Waals surface area contributed by atoms with Crippen molar-refractivity contribution in [2.45, 2.75) is 65.0 Å². The number of nitrogens with zero attached hydrogens (tertiary/aromatic N) is 2. The Balaban J connectivity index is 1.63. The Morgan fingerprint density at radius 1 is 1.15 bits per heavy atom. The Labute approximate surface area is 200 Å². The van der Waals surface area contributed by atoms with Crippen LogP contribution >= 0.6 is 11.3 Å². The quantitative estimate of drug-likeness (QED) is 0.444. The highest BCUT2D eigenvalue weighted by Crippen LogP contribution is 2.29. The van der Waals surface area contributed by atoms with E-state index in [9.17, 15) is 4.79 Å². The fourth-order valence-corrected chi connectivity index (χ4v) is 5.60. The van der Waals surface area contributed by atoms with E-state index in [1.54, 1.807) is 0 Å². The van der Waals surface area contributed by atoms with Crippen LogP contribution in [-0.4, -0.2) is 17.0 Å². The predicted molar refractivity (Wildman–Crippen MR) is 136 cm³/mol. The van der Waals surface area contributed by atoms with Crippen molar-refractivity contribution in [2.75, 3.05) is 6.54 Å². The molecule has 4 rings (SSSR count). The summed E-state index contributed by atoms with van der Waals surface area (Å²) in [7, 11) is 0. The van der Waals surface area contributed by atoms with Gasteiger partial charge in [-0.25, -0.2) is 4.99 Å². The standard InChI is InChI=1S/C27H34N4OS/c1-19-15-20(2)17-22(16-19)29-27-31(14-7-3-6-13-28)25(18-33-27)26(32)30-24-12-8-10-21-9-4-5-11-23(21)24/h4-5,9,11,15-18,24H,3,6-8,10,12-14,28H2,1-2H3,(H,30,32). The fourth-order valence-electron chi connectivity index (χ4n) is 4.67. The van der Waals surface area contributed by atoms with Crippen LogP contribution in [0.5, 0.6) is 0 Å². The monoisotopic (exact) mass is 462 g/mol. The van der Waals surface area contributed by atoms with Gasteiger partial charge in [0.05, 0.1) is 11.7 Å². The smallest absolute Gasteiger partial charge is 0.269 e. The number of amides is 1. The molecule has 1 atom stereocenters. The Morgan fingerprint density at radius 3 is 2.73 bits per heavy atom. The number of thiazole rings is 1. The van der Waals surface area contributed by atoms with Gasteiger partial charge in [0, 0.05) is 11.9 Å². The Morgan fingerprint density at radius 2 is 1.94 bits per heavy atom. The first-order valence-electron chi connectivity index (χ1n) is 12.0. The number of nitrogens with one attached hydrogen (secondary N) is 1. The van der Waals surface area contributed by atoms with E-state index < -0.39 is 0 Å². The van der Waals surface area contributed by atoms with Crippen molar-refractivity contribution in [2.24, 2.45) is 10.7 Å². The summed E-state index contributed by atoms with van der Waals surface area (Å²) in [6.07, 6.45) is 6.16. The molecule has 1 heterocycles. The van der Waals surface area contributed by atoms with Crippen molar-refractivity contribution < 1.29 is 4.79 Å². The van der Waals surface area contributed by atoms with Crippen molar-refractivity contribution in [3.05, 3.63) is 80.6 Å². The van der Waals surface area contributed by atoms with E-state index in [-0.39, 0.29) is 11.9 Å². The zero-order chi connectivity index (χ0) is 23.2. The second-order valence-corrected chi connectivity index (χ2v) is 9.82. The Bertz CT molecular complexity index is 1160. The van der Waals surface area contributed by atoms with Crippen LogP contribution in [0.2, 0.25) is 0 Å².